The van der Waals surface area contributed by atoms with Gasteiger partial charge in [-0.2, -0.15) is 0 Å². The number of amides is 2. The van der Waals surface area contributed by atoms with E-state index in [0.29, 0.717) is 13.1 Å². The summed E-state index contributed by atoms with van der Waals surface area (Å²) in [6, 6.07) is 14.4. The maximum absolute atomic E-state index is 12.7. The molecule has 0 atom stereocenters. The lowest BCUT2D eigenvalue weighted by atomic mass is 10.0. The van der Waals surface area contributed by atoms with Crippen LogP contribution in [0.1, 0.15) is 30.9 Å². The Kier molecular flexibility index (Phi) is 6.89. The fourth-order valence-electron chi connectivity index (χ4n) is 3.58. The van der Waals surface area contributed by atoms with Crippen molar-refractivity contribution in [2.75, 3.05) is 25.0 Å². The molecule has 0 spiro atoms. The fourth-order valence-corrected chi connectivity index (χ4v) is 4.66. The molecule has 0 aromatic heterocycles. The lowest BCUT2D eigenvalue weighted by Gasteiger charge is -2.28. The van der Waals surface area contributed by atoms with E-state index in [0.717, 1.165) is 29.7 Å². The number of rotatable bonds is 7. The van der Waals surface area contributed by atoms with Crippen molar-refractivity contribution in [1.82, 2.24) is 9.62 Å². The summed E-state index contributed by atoms with van der Waals surface area (Å²) in [7, 11) is -2.03. The standard InChI is InChI=1S/C22H27N3O4S/c1-17(26)25-14-6-9-19-15-20(10-11-21(19)25)30(28,29)23-13-12-22(27)24(2)16-18-7-4-3-5-8-18/h3-5,7-8,10-11,15,23H,6,9,12-14,16H2,1-2H3. The average molecular weight is 430 g/mol. The molecule has 160 valence electrons. The van der Waals surface area contributed by atoms with Crippen LogP contribution < -0.4 is 9.62 Å². The van der Waals surface area contributed by atoms with E-state index < -0.39 is 10.0 Å². The zero-order chi connectivity index (χ0) is 21.7. The lowest BCUT2D eigenvalue weighted by molar-refractivity contribution is -0.130. The van der Waals surface area contributed by atoms with Crippen LogP contribution >= 0.6 is 0 Å². The van der Waals surface area contributed by atoms with Crippen molar-refractivity contribution in [3.05, 3.63) is 59.7 Å². The highest BCUT2D eigenvalue weighted by Crippen LogP contribution is 2.29. The minimum Gasteiger partial charge on any atom is -0.341 e. The molecule has 3 rings (SSSR count). The number of carbonyl (C=O) groups is 2. The first-order chi connectivity index (χ1) is 14.3. The van der Waals surface area contributed by atoms with Crippen molar-refractivity contribution in [2.45, 2.75) is 37.6 Å². The van der Waals surface area contributed by atoms with E-state index in [4.69, 9.17) is 0 Å². The van der Waals surface area contributed by atoms with Crippen LogP contribution in [-0.4, -0.2) is 45.3 Å². The molecule has 30 heavy (non-hydrogen) atoms. The molecule has 0 unspecified atom stereocenters. The summed E-state index contributed by atoms with van der Waals surface area (Å²) >= 11 is 0. The van der Waals surface area contributed by atoms with E-state index in [9.17, 15) is 18.0 Å². The third kappa shape index (κ3) is 5.25. The maximum Gasteiger partial charge on any atom is 0.240 e. The van der Waals surface area contributed by atoms with Crippen LogP contribution in [0, 0.1) is 0 Å². The summed E-state index contributed by atoms with van der Waals surface area (Å²) < 4.78 is 27.8. The third-order valence-electron chi connectivity index (χ3n) is 5.18. The SMILES string of the molecule is CC(=O)N1CCCc2cc(S(=O)(=O)NCCC(=O)N(C)Cc3ccccc3)ccc21. The van der Waals surface area contributed by atoms with Gasteiger partial charge in [0.1, 0.15) is 0 Å². The van der Waals surface area contributed by atoms with Crippen LogP contribution in [0.2, 0.25) is 0 Å². The van der Waals surface area contributed by atoms with Gasteiger partial charge in [0, 0.05) is 45.7 Å². The summed E-state index contributed by atoms with van der Waals surface area (Å²) in [4.78, 5) is 27.5. The number of hydrogen-bond acceptors (Lipinski definition) is 4. The van der Waals surface area contributed by atoms with Crippen molar-refractivity contribution in [2.24, 2.45) is 0 Å². The van der Waals surface area contributed by atoms with Gasteiger partial charge in [-0.3, -0.25) is 9.59 Å². The molecule has 1 aliphatic heterocycles. The number of hydrogen-bond donors (Lipinski definition) is 1. The molecule has 1 heterocycles. The van der Waals surface area contributed by atoms with Gasteiger partial charge in [0.25, 0.3) is 0 Å². The van der Waals surface area contributed by atoms with Gasteiger partial charge in [0.2, 0.25) is 21.8 Å². The number of aryl methyl sites for hydroxylation is 1. The van der Waals surface area contributed by atoms with E-state index in [2.05, 4.69) is 4.72 Å². The van der Waals surface area contributed by atoms with Crippen LogP contribution in [0.25, 0.3) is 0 Å². The van der Waals surface area contributed by atoms with E-state index in [1.807, 2.05) is 30.3 Å². The molecule has 7 nitrogen and oxygen atoms in total. The Labute approximate surface area is 177 Å². The lowest BCUT2D eigenvalue weighted by Crippen LogP contribution is -2.34. The highest BCUT2D eigenvalue weighted by atomic mass is 32.2. The first-order valence-electron chi connectivity index (χ1n) is 9.96. The van der Waals surface area contributed by atoms with E-state index in [-0.39, 0.29) is 29.7 Å². The topological polar surface area (TPSA) is 86.8 Å². The van der Waals surface area contributed by atoms with Gasteiger partial charge in [-0.05, 0) is 42.2 Å². The molecule has 2 aromatic rings. The molecule has 0 saturated heterocycles. The Morgan fingerprint density at radius 2 is 1.87 bits per heavy atom. The molecular weight excluding hydrogens is 402 g/mol. The predicted molar refractivity (Wildman–Crippen MR) is 116 cm³/mol. The van der Waals surface area contributed by atoms with Gasteiger partial charge in [-0.1, -0.05) is 30.3 Å². The highest BCUT2D eigenvalue weighted by Gasteiger charge is 2.23. The van der Waals surface area contributed by atoms with E-state index in [1.54, 1.807) is 29.0 Å². The van der Waals surface area contributed by atoms with Gasteiger partial charge >= 0.3 is 0 Å². The van der Waals surface area contributed by atoms with Crippen molar-refractivity contribution in [3.63, 3.8) is 0 Å². The van der Waals surface area contributed by atoms with Gasteiger partial charge < -0.3 is 9.80 Å². The van der Waals surface area contributed by atoms with Crippen LogP contribution in [0.3, 0.4) is 0 Å². The molecule has 0 aliphatic carbocycles. The predicted octanol–water partition coefficient (Wildman–Crippen LogP) is 2.31. The Hall–Kier alpha value is -2.71. The molecule has 8 heteroatoms. The molecule has 0 saturated carbocycles. The van der Waals surface area contributed by atoms with Crippen LogP contribution in [-0.2, 0) is 32.6 Å². The number of carbonyl (C=O) groups excluding carboxylic acids is 2. The van der Waals surface area contributed by atoms with Crippen molar-refractivity contribution in [1.29, 1.82) is 0 Å². The molecule has 2 aromatic carbocycles. The minimum absolute atomic E-state index is 0.0248. The van der Waals surface area contributed by atoms with E-state index in [1.165, 1.54) is 13.0 Å². The Balaban J connectivity index is 1.59. The number of sulfonamides is 1. The maximum atomic E-state index is 12.7. The summed E-state index contributed by atoms with van der Waals surface area (Å²) in [5.41, 5.74) is 2.63. The largest absolute Gasteiger partial charge is 0.341 e. The number of benzene rings is 2. The monoisotopic (exact) mass is 429 g/mol. The summed E-state index contributed by atoms with van der Waals surface area (Å²) in [6.45, 7) is 2.65. The Morgan fingerprint density at radius 3 is 2.57 bits per heavy atom. The summed E-state index contributed by atoms with van der Waals surface area (Å²) in [6.07, 6.45) is 1.60. The quantitative estimate of drug-likeness (QED) is 0.732. The second-order valence-electron chi connectivity index (χ2n) is 7.45. The molecular formula is C22H27N3O4S. The molecule has 1 N–H and O–H groups in total. The number of nitrogens with one attached hydrogen (secondary N) is 1. The zero-order valence-corrected chi connectivity index (χ0v) is 18.1. The number of fused-ring (bicyclic) bond motifs is 1. The van der Waals surface area contributed by atoms with Gasteiger partial charge in [-0.15, -0.1) is 0 Å². The zero-order valence-electron chi connectivity index (χ0n) is 17.3. The molecule has 2 amide bonds. The summed E-state index contributed by atoms with van der Waals surface area (Å²) in [5, 5.41) is 0. The Morgan fingerprint density at radius 1 is 1.13 bits per heavy atom. The first kappa shape index (κ1) is 22.0. The second-order valence-corrected chi connectivity index (χ2v) is 9.21. The normalized spacial score (nSPS) is 13.6. The van der Waals surface area contributed by atoms with Crippen molar-refractivity contribution >= 4 is 27.5 Å². The molecule has 1 aliphatic rings. The number of nitrogens with zero attached hydrogens (tertiary/aromatic N) is 2. The Bertz CT molecular complexity index is 1020. The van der Waals surface area contributed by atoms with Gasteiger partial charge in [-0.25, -0.2) is 13.1 Å². The van der Waals surface area contributed by atoms with Crippen LogP contribution in [0.4, 0.5) is 5.69 Å². The highest BCUT2D eigenvalue weighted by molar-refractivity contribution is 7.89. The average Bonchev–Trinajstić information content (AvgIpc) is 2.73. The number of anilines is 1. The third-order valence-corrected chi connectivity index (χ3v) is 6.64. The van der Waals surface area contributed by atoms with Gasteiger partial charge in [0.15, 0.2) is 0 Å². The minimum atomic E-state index is -3.74. The summed E-state index contributed by atoms with van der Waals surface area (Å²) in [5.74, 6) is -0.188. The van der Waals surface area contributed by atoms with Crippen molar-refractivity contribution in [3.8, 4) is 0 Å². The molecule has 0 radical (unpaired) electrons. The fraction of sp³-hybridized carbons (Fsp3) is 0.364. The van der Waals surface area contributed by atoms with Crippen LogP contribution in [0.5, 0.6) is 0 Å². The smallest absolute Gasteiger partial charge is 0.240 e. The van der Waals surface area contributed by atoms with E-state index >= 15 is 0 Å². The van der Waals surface area contributed by atoms with Gasteiger partial charge in [0.05, 0.1) is 4.90 Å². The second kappa shape index (κ2) is 9.40. The van der Waals surface area contributed by atoms with Crippen LogP contribution in [0.15, 0.2) is 53.4 Å². The molecule has 0 fully saturated rings. The first-order valence-corrected chi connectivity index (χ1v) is 11.4. The van der Waals surface area contributed by atoms with Crippen molar-refractivity contribution < 1.29 is 18.0 Å². The molecule has 0 bridgehead atoms.